The van der Waals surface area contributed by atoms with Gasteiger partial charge in [-0.3, -0.25) is 9.80 Å². The van der Waals surface area contributed by atoms with Crippen LogP contribution in [0.4, 0.5) is 0 Å². The van der Waals surface area contributed by atoms with Gasteiger partial charge in [-0.15, -0.1) is 0 Å². The zero-order valence-corrected chi connectivity index (χ0v) is 14.0. The molecule has 0 spiro atoms. The fourth-order valence-corrected chi connectivity index (χ4v) is 3.35. The molecule has 2 aromatic carbocycles. The van der Waals surface area contributed by atoms with Crippen LogP contribution in [0.1, 0.15) is 17.2 Å². The van der Waals surface area contributed by atoms with Gasteiger partial charge >= 0.3 is 0 Å². The molecule has 0 aliphatic carbocycles. The molecule has 0 bridgehead atoms. The molecule has 1 heterocycles. The number of nitrogens with zero attached hydrogens (tertiary/aromatic N) is 2. The van der Waals surface area contributed by atoms with Gasteiger partial charge in [0, 0.05) is 43.8 Å². The van der Waals surface area contributed by atoms with Gasteiger partial charge in [-0.1, -0.05) is 54.1 Å². The first-order chi connectivity index (χ1) is 11.3. The average molecular weight is 331 g/mol. The lowest BCUT2D eigenvalue weighted by Crippen LogP contribution is -2.48. The number of rotatable bonds is 5. The fraction of sp³-hybridized carbons (Fsp3) is 0.368. The van der Waals surface area contributed by atoms with Gasteiger partial charge in [0.25, 0.3) is 0 Å². The van der Waals surface area contributed by atoms with Gasteiger partial charge in [-0.05, 0) is 23.3 Å². The Bertz CT molecular complexity index is 603. The molecule has 1 aliphatic rings. The minimum Gasteiger partial charge on any atom is -0.395 e. The van der Waals surface area contributed by atoms with Crippen molar-refractivity contribution in [3.05, 3.63) is 70.7 Å². The minimum atomic E-state index is 0.221. The van der Waals surface area contributed by atoms with Crippen LogP contribution in [0.3, 0.4) is 0 Å². The van der Waals surface area contributed by atoms with Crippen LogP contribution in [0.25, 0.3) is 0 Å². The van der Waals surface area contributed by atoms with Gasteiger partial charge < -0.3 is 5.11 Å². The molecule has 3 rings (SSSR count). The van der Waals surface area contributed by atoms with Gasteiger partial charge in [-0.25, -0.2) is 0 Å². The minimum absolute atomic E-state index is 0.221. The first-order valence-electron chi connectivity index (χ1n) is 8.13. The van der Waals surface area contributed by atoms with E-state index in [2.05, 4.69) is 52.3 Å². The van der Waals surface area contributed by atoms with E-state index in [1.807, 2.05) is 12.1 Å². The van der Waals surface area contributed by atoms with Crippen LogP contribution in [0.2, 0.25) is 5.02 Å². The molecule has 1 fully saturated rings. The summed E-state index contributed by atoms with van der Waals surface area (Å²) >= 11 is 5.99. The molecule has 3 nitrogen and oxygen atoms in total. The predicted molar refractivity (Wildman–Crippen MR) is 94.6 cm³/mol. The highest BCUT2D eigenvalue weighted by molar-refractivity contribution is 6.30. The number of hydrogen-bond acceptors (Lipinski definition) is 3. The van der Waals surface area contributed by atoms with Gasteiger partial charge in [0.1, 0.15) is 0 Å². The summed E-state index contributed by atoms with van der Waals surface area (Å²) in [5.41, 5.74) is 2.62. The van der Waals surface area contributed by atoms with Crippen LogP contribution >= 0.6 is 11.6 Å². The summed E-state index contributed by atoms with van der Waals surface area (Å²) in [6.45, 7) is 4.85. The third-order valence-corrected chi connectivity index (χ3v) is 4.73. The summed E-state index contributed by atoms with van der Waals surface area (Å²) in [6.07, 6.45) is 0. The third-order valence-electron chi connectivity index (χ3n) is 4.47. The molecule has 122 valence electrons. The van der Waals surface area contributed by atoms with Gasteiger partial charge in [0.05, 0.1) is 6.61 Å². The Morgan fingerprint density at radius 3 is 2.43 bits per heavy atom. The van der Waals surface area contributed by atoms with Gasteiger partial charge in [-0.2, -0.15) is 0 Å². The SMILES string of the molecule is OCCN1CCN(Cc2ccc(Cl)cc2)C(c2ccccc2)C1. The number of piperazine rings is 1. The number of aliphatic hydroxyl groups is 1. The highest BCUT2D eigenvalue weighted by atomic mass is 35.5. The summed E-state index contributed by atoms with van der Waals surface area (Å²) in [5.74, 6) is 0. The Morgan fingerprint density at radius 1 is 1.00 bits per heavy atom. The Kier molecular flexibility index (Phi) is 5.68. The molecule has 1 saturated heterocycles. The Hall–Kier alpha value is -1.39. The van der Waals surface area contributed by atoms with E-state index in [1.54, 1.807) is 0 Å². The second kappa shape index (κ2) is 7.93. The van der Waals surface area contributed by atoms with Crippen molar-refractivity contribution in [3.8, 4) is 0 Å². The van der Waals surface area contributed by atoms with E-state index in [0.717, 1.165) is 37.7 Å². The molecule has 4 heteroatoms. The fourth-order valence-electron chi connectivity index (χ4n) is 3.23. The van der Waals surface area contributed by atoms with Crippen LogP contribution < -0.4 is 0 Å². The quantitative estimate of drug-likeness (QED) is 0.912. The molecular weight excluding hydrogens is 308 g/mol. The Labute approximate surface area is 143 Å². The summed E-state index contributed by atoms with van der Waals surface area (Å²) in [7, 11) is 0. The normalized spacial score (nSPS) is 19.8. The number of halogens is 1. The molecule has 0 saturated carbocycles. The lowest BCUT2D eigenvalue weighted by atomic mass is 10.0. The smallest absolute Gasteiger partial charge is 0.0558 e. The van der Waals surface area contributed by atoms with Crippen molar-refractivity contribution >= 4 is 11.6 Å². The second-order valence-electron chi connectivity index (χ2n) is 6.05. The maximum Gasteiger partial charge on any atom is 0.0558 e. The van der Waals surface area contributed by atoms with Crippen LogP contribution in [-0.4, -0.2) is 47.7 Å². The van der Waals surface area contributed by atoms with Crippen molar-refractivity contribution in [1.82, 2.24) is 9.80 Å². The van der Waals surface area contributed by atoms with E-state index in [4.69, 9.17) is 11.6 Å². The Balaban J connectivity index is 1.77. The van der Waals surface area contributed by atoms with Crippen LogP contribution in [0.15, 0.2) is 54.6 Å². The molecule has 0 radical (unpaired) electrons. The molecular formula is C19H23ClN2O. The monoisotopic (exact) mass is 330 g/mol. The maximum atomic E-state index is 9.23. The zero-order chi connectivity index (χ0) is 16.1. The van der Waals surface area contributed by atoms with E-state index < -0.39 is 0 Å². The van der Waals surface area contributed by atoms with E-state index >= 15 is 0 Å². The lowest BCUT2D eigenvalue weighted by molar-refractivity contribution is 0.0576. The van der Waals surface area contributed by atoms with Crippen molar-refractivity contribution in [2.45, 2.75) is 12.6 Å². The lowest BCUT2D eigenvalue weighted by Gasteiger charge is -2.41. The highest BCUT2D eigenvalue weighted by Crippen LogP contribution is 2.27. The summed E-state index contributed by atoms with van der Waals surface area (Å²) < 4.78 is 0. The number of aliphatic hydroxyl groups excluding tert-OH is 1. The highest BCUT2D eigenvalue weighted by Gasteiger charge is 2.27. The second-order valence-corrected chi connectivity index (χ2v) is 6.48. The van der Waals surface area contributed by atoms with Gasteiger partial charge in [0.15, 0.2) is 0 Å². The molecule has 0 amide bonds. The molecule has 23 heavy (non-hydrogen) atoms. The number of hydrogen-bond donors (Lipinski definition) is 1. The summed E-state index contributed by atoms with van der Waals surface area (Å²) in [5, 5.41) is 10.0. The summed E-state index contributed by atoms with van der Waals surface area (Å²) in [6, 6.07) is 19.1. The maximum absolute atomic E-state index is 9.23. The van der Waals surface area contributed by atoms with Crippen LogP contribution in [0, 0.1) is 0 Å². The zero-order valence-electron chi connectivity index (χ0n) is 13.2. The molecule has 1 atom stereocenters. The van der Waals surface area contributed by atoms with E-state index in [1.165, 1.54) is 11.1 Å². The summed E-state index contributed by atoms with van der Waals surface area (Å²) in [4.78, 5) is 4.86. The number of benzene rings is 2. The third kappa shape index (κ3) is 4.33. The molecule has 1 aliphatic heterocycles. The van der Waals surface area contributed by atoms with Crippen molar-refractivity contribution in [2.24, 2.45) is 0 Å². The van der Waals surface area contributed by atoms with E-state index in [-0.39, 0.29) is 6.61 Å². The van der Waals surface area contributed by atoms with Crippen LogP contribution in [0.5, 0.6) is 0 Å². The predicted octanol–water partition coefficient (Wildman–Crippen LogP) is 3.19. The average Bonchev–Trinajstić information content (AvgIpc) is 2.59. The van der Waals surface area contributed by atoms with E-state index in [9.17, 15) is 5.11 Å². The molecule has 1 unspecified atom stereocenters. The van der Waals surface area contributed by atoms with Crippen LogP contribution in [-0.2, 0) is 6.54 Å². The largest absolute Gasteiger partial charge is 0.395 e. The molecule has 1 N–H and O–H groups in total. The van der Waals surface area contributed by atoms with Crippen molar-refractivity contribution < 1.29 is 5.11 Å². The van der Waals surface area contributed by atoms with Crippen molar-refractivity contribution in [2.75, 3.05) is 32.8 Å². The molecule has 2 aromatic rings. The Morgan fingerprint density at radius 2 is 1.74 bits per heavy atom. The van der Waals surface area contributed by atoms with Crippen molar-refractivity contribution in [3.63, 3.8) is 0 Å². The van der Waals surface area contributed by atoms with Crippen molar-refractivity contribution in [1.29, 1.82) is 0 Å². The van der Waals surface area contributed by atoms with E-state index in [0.29, 0.717) is 6.04 Å². The topological polar surface area (TPSA) is 26.7 Å². The standard InChI is InChI=1S/C19H23ClN2O/c20-18-8-6-16(7-9-18)14-22-11-10-21(12-13-23)15-19(22)17-4-2-1-3-5-17/h1-9,19,23H,10-15H2. The number of β-amino-alcohol motifs (C(OH)–C–C–N with tert-alkyl or cyclic N) is 1. The first-order valence-corrected chi connectivity index (χ1v) is 8.51. The molecule has 0 aromatic heterocycles. The first kappa shape index (κ1) is 16.5. The van der Waals surface area contributed by atoms with Gasteiger partial charge in [0.2, 0.25) is 0 Å².